The summed E-state index contributed by atoms with van der Waals surface area (Å²) in [5.74, 6) is -2.65. The molecule has 0 N–H and O–H groups in total. The lowest BCUT2D eigenvalue weighted by Crippen LogP contribution is -2.35. The van der Waals surface area contributed by atoms with Crippen molar-refractivity contribution in [3.8, 4) is 0 Å². The van der Waals surface area contributed by atoms with E-state index in [-0.39, 0.29) is 30.7 Å². The van der Waals surface area contributed by atoms with E-state index in [4.69, 9.17) is 11.6 Å². The second-order valence-corrected chi connectivity index (χ2v) is 4.74. The van der Waals surface area contributed by atoms with Gasteiger partial charge < -0.3 is 9.90 Å². The van der Waals surface area contributed by atoms with Gasteiger partial charge >= 0.3 is 0 Å². The highest BCUT2D eigenvalue weighted by Crippen LogP contribution is 2.38. The minimum atomic E-state index is -1.27. The van der Waals surface area contributed by atoms with Gasteiger partial charge in [0.25, 0.3) is 0 Å². The third-order valence-electron chi connectivity index (χ3n) is 3.20. The largest absolute Gasteiger partial charge is 0.550 e. The van der Waals surface area contributed by atoms with Gasteiger partial charge in [0.15, 0.2) is 0 Å². The molecule has 1 fully saturated rings. The molecule has 0 aromatic heterocycles. The summed E-state index contributed by atoms with van der Waals surface area (Å²) in [5, 5.41) is 10.9. The molecule has 1 heterocycles. The minimum absolute atomic E-state index is 0.107. The van der Waals surface area contributed by atoms with Gasteiger partial charge in [-0.3, -0.25) is 14.5 Å². The highest BCUT2D eigenvalue weighted by Gasteiger charge is 2.47. The van der Waals surface area contributed by atoms with Crippen molar-refractivity contribution < 1.29 is 19.5 Å². The third kappa shape index (κ3) is 2.20. The van der Waals surface area contributed by atoms with Crippen LogP contribution in [0.25, 0.3) is 0 Å². The lowest BCUT2D eigenvalue weighted by atomic mass is 9.85. The Morgan fingerprint density at radius 2 is 2.06 bits per heavy atom. The van der Waals surface area contributed by atoms with Crippen LogP contribution < -0.4 is 5.11 Å². The predicted octanol–water partition coefficient (Wildman–Crippen LogP) is -0.356. The zero-order chi connectivity index (χ0) is 12.6. The number of carboxylic acids is 1. The monoisotopic (exact) mass is 256 g/mol. The van der Waals surface area contributed by atoms with Gasteiger partial charge in [0, 0.05) is 24.0 Å². The number of carbonyl (C=O) groups is 3. The molecule has 2 rings (SSSR count). The van der Waals surface area contributed by atoms with Crippen molar-refractivity contribution in [1.82, 2.24) is 4.90 Å². The van der Waals surface area contributed by atoms with Crippen LogP contribution >= 0.6 is 11.6 Å². The Labute approximate surface area is 103 Å². The first kappa shape index (κ1) is 12.1. The van der Waals surface area contributed by atoms with Crippen molar-refractivity contribution in [3.63, 3.8) is 0 Å². The smallest absolute Gasteiger partial charge is 0.233 e. The fraction of sp³-hybridized carbons (Fsp3) is 0.545. The topological polar surface area (TPSA) is 77.5 Å². The molecule has 1 saturated heterocycles. The Bertz CT molecular complexity index is 418. The number of aliphatic carboxylic acids is 1. The van der Waals surface area contributed by atoms with E-state index >= 15 is 0 Å². The first-order valence-electron chi connectivity index (χ1n) is 5.40. The van der Waals surface area contributed by atoms with Crippen LogP contribution in [0, 0.1) is 11.8 Å². The van der Waals surface area contributed by atoms with Gasteiger partial charge in [-0.2, -0.15) is 0 Å². The van der Waals surface area contributed by atoms with Crippen LogP contribution in [0.1, 0.15) is 19.3 Å². The number of nitrogens with zero attached hydrogens (tertiary/aromatic N) is 1. The van der Waals surface area contributed by atoms with E-state index in [1.165, 1.54) is 0 Å². The molecule has 0 saturated carbocycles. The Hall–Kier alpha value is -1.36. The van der Waals surface area contributed by atoms with Crippen LogP contribution in [-0.2, 0) is 14.4 Å². The Kier molecular flexibility index (Phi) is 3.19. The molecule has 0 aromatic carbocycles. The van der Waals surface area contributed by atoms with Gasteiger partial charge in [0.05, 0.1) is 11.8 Å². The van der Waals surface area contributed by atoms with E-state index in [2.05, 4.69) is 0 Å². The van der Waals surface area contributed by atoms with Crippen molar-refractivity contribution in [3.05, 3.63) is 11.1 Å². The first-order chi connectivity index (χ1) is 8.00. The number of amides is 2. The highest BCUT2D eigenvalue weighted by atomic mass is 35.5. The molecule has 0 spiro atoms. The van der Waals surface area contributed by atoms with E-state index < -0.39 is 11.9 Å². The average Bonchev–Trinajstić information content (AvgIpc) is 2.49. The van der Waals surface area contributed by atoms with Crippen molar-refractivity contribution >= 4 is 29.4 Å². The second kappa shape index (κ2) is 4.49. The quantitative estimate of drug-likeness (QED) is 0.647. The Balaban J connectivity index is 2.11. The molecule has 2 atom stereocenters. The summed E-state index contributed by atoms with van der Waals surface area (Å²) in [6.45, 7) is -0.107. The summed E-state index contributed by atoms with van der Waals surface area (Å²) < 4.78 is 0. The number of likely N-dealkylation sites (tertiary alicyclic amines) is 1. The van der Waals surface area contributed by atoms with Crippen LogP contribution in [0.3, 0.4) is 0 Å². The number of imide groups is 1. The van der Waals surface area contributed by atoms with Crippen molar-refractivity contribution in [2.75, 3.05) is 6.54 Å². The average molecular weight is 257 g/mol. The van der Waals surface area contributed by atoms with Crippen molar-refractivity contribution in [2.45, 2.75) is 19.3 Å². The van der Waals surface area contributed by atoms with Gasteiger partial charge in [0.2, 0.25) is 11.8 Å². The molecule has 6 heteroatoms. The number of allylic oxidation sites excluding steroid dienone is 2. The first-order valence-corrected chi connectivity index (χ1v) is 5.78. The van der Waals surface area contributed by atoms with E-state index in [1.807, 2.05) is 0 Å². The predicted molar refractivity (Wildman–Crippen MR) is 56.5 cm³/mol. The standard InChI is InChI=1S/C11H12ClNO4/c12-6-1-2-7-8(5-6)11(17)13(10(7)16)4-3-9(14)15/h1,7-8H,2-5H2,(H,14,15)/p-1/t7-,8+/m1/s1. The molecule has 2 aliphatic rings. The molecule has 0 radical (unpaired) electrons. The fourth-order valence-electron chi connectivity index (χ4n) is 2.32. The van der Waals surface area contributed by atoms with Gasteiger partial charge in [0.1, 0.15) is 0 Å². The van der Waals surface area contributed by atoms with Crippen LogP contribution in [0.4, 0.5) is 0 Å². The molecule has 17 heavy (non-hydrogen) atoms. The molecule has 0 bridgehead atoms. The van der Waals surface area contributed by atoms with E-state index in [0.717, 1.165) is 4.90 Å². The zero-order valence-corrected chi connectivity index (χ0v) is 9.77. The van der Waals surface area contributed by atoms with Crippen molar-refractivity contribution in [1.29, 1.82) is 0 Å². The van der Waals surface area contributed by atoms with Crippen molar-refractivity contribution in [2.24, 2.45) is 11.8 Å². The van der Waals surface area contributed by atoms with Crippen LogP contribution in [0.15, 0.2) is 11.1 Å². The van der Waals surface area contributed by atoms with Crippen LogP contribution in [0.5, 0.6) is 0 Å². The molecular weight excluding hydrogens is 246 g/mol. The number of hydrogen-bond donors (Lipinski definition) is 0. The lowest BCUT2D eigenvalue weighted by Gasteiger charge is -2.17. The van der Waals surface area contributed by atoms with Crippen LogP contribution in [-0.4, -0.2) is 29.2 Å². The summed E-state index contributed by atoms with van der Waals surface area (Å²) in [5.41, 5.74) is 0. The van der Waals surface area contributed by atoms with Gasteiger partial charge in [-0.05, 0) is 12.8 Å². The SMILES string of the molecule is O=C([O-])CCN1C(=O)[C@H]2CC(Cl)=CC[C@H]2C1=O. The number of hydrogen-bond acceptors (Lipinski definition) is 4. The maximum atomic E-state index is 11.9. The molecule has 1 aliphatic carbocycles. The summed E-state index contributed by atoms with van der Waals surface area (Å²) >= 11 is 5.85. The Morgan fingerprint density at radius 3 is 2.71 bits per heavy atom. The third-order valence-corrected chi connectivity index (χ3v) is 3.51. The zero-order valence-electron chi connectivity index (χ0n) is 9.02. The summed E-state index contributed by atoms with van der Waals surface area (Å²) in [4.78, 5) is 35.2. The molecule has 1 aliphatic heterocycles. The van der Waals surface area contributed by atoms with E-state index in [1.54, 1.807) is 6.08 Å². The normalized spacial score (nSPS) is 28.1. The summed E-state index contributed by atoms with van der Waals surface area (Å²) in [7, 11) is 0. The summed E-state index contributed by atoms with van der Waals surface area (Å²) in [6.07, 6.45) is 2.25. The molecule has 92 valence electrons. The number of carbonyl (C=O) groups excluding carboxylic acids is 3. The number of rotatable bonds is 3. The lowest BCUT2D eigenvalue weighted by molar-refractivity contribution is -0.305. The maximum Gasteiger partial charge on any atom is 0.233 e. The number of fused-ring (bicyclic) bond motifs is 1. The molecule has 5 nitrogen and oxygen atoms in total. The number of halogens is 1. The molecular formula is C11H11ClNO4-. The van der Waals surface area contributed by atoms with E-state index in [9.17, 15) is 19.5 Å². The number of carboxylic acid groups (broad SMARTS) is 1. The molecule has 2 amide bonds. The summed E-state index contributed by atoms with van der Waals surface area (Å²) in [6, 6.07) is 0. The van der Waals surface area contributed by atoms with Gasteiger partial charge in [-0.15, -0.1) is 0 Å². The van der Waals surface area contributed by atoms with Gasteiger partial charge in [-0.25, -0.2) is 0 Å². The Morgan fingerprint density at radius 1 is 1.41 bits per heavy atom. The molecule has 0 aromatic rings. The fourth-order valence-corrected chi connectivity index (χ4v) is 2.57. The second-order valence-electron chi connectivity index (χ2n) is 4.25. The molecule has 0 unspecified atom stereocenters. The highest BCUT2D eigenvalue weighted by molar-refractivity contribution is 6.30. The maximum absolute atomic E-state index is 11.9. The van der Waals surface area contributed by atoms with Crippen LogP contribution in [0.2, 0.25) is 0 Å². The van der Waals surface area contributed by atoms with Gasteiger partial charge in [-0.1, -0.05) is 17.7 Å². The van der Waals surface area contributed by atoms with E-state index in [0.29, 0.717) is 17.9 Å². The minimum Gasteiger partial charge on any atom is -0.550 e.